The van der Waals surface area contributed by atoms with Crippen molar-refractivity contribution in [1.82, 2.24) is 5.32 Å². The zero-order valence-electron chi connectivity index (χ0n) is 32.4. The van der Waals surface area contributed by atoms with E-state index in [1.54, 1.807) is 13.8 Å². The van der Waals surface area contributed by atoms with Crippen molar-refractivity contribution in [2.45, 2.75) is 165 Å². The number of fused-ring (bicyclic) bond motifs is 7. The minimum absolute atomic E-state index is 0.0321. The molecule has 49 heavy (non-hydrogen) atoms. The lowest BCUT2D eigenvalue weighted by Gasteiger charge is -2.72. The Morgan fingerprint density at radius 1 is 0.857 bits per heavy atom. The van der Waals surface area contributed by atoms with Crippen molar-refractivity contribution in [2.24, 2.45) is 62.1 Å². The number of hydrogen-bond donors (Lipinski definition) is 2. The number of hydrogen-bond acceptors (Lipinski definition) is 5. The second kappa shape index (κ2) is 11.4. The first-order valence-electron chi connectivity index (χ1n) is 19.5. The van der Waals surface area contributed by atoms with Crippen molar-refractivity contribution in [1.29, 1.82) is 0 Å². The molecule has 0 unspecified atom stereocenters. The maximum atomic E-state index is 14.6. The van der Waals surface area contributed by atoms with Crippen LogP contribution in [0.1, 0.15) is 153 Å². The van der Waals surface area contributed by atoms with E-state index in [0.717, 1.165) is 69.8 Å². The van der Waals surface area contributed by atoms with Crippen LogP contribution in [0.15, 0.2) is 11.1 Å². The summed E-state index contributed by atoms with van der Waals surface area (Å²) in [6.07, 6.45) is 9.91. The molecule has 0 bridgehead atoms. The lowest BCUT2D eigenvalue weighted by Crippen LogP contribution is -2.66. The number of carbonyl (C=O) groups is 4. The summed E-state index contributed by atoms with van der Waals surface area (Å²) >= 11 is 0. The first-order chi connectivity index (χ1) is 22.5. The van der Waals surface area contributed by atoms with E-state index in [4.69, 9.17) is 4.74 Å². The Balaban J connectivity index is 1.30. The van der Waals surface area contributed by atoms with Gasteiger partial charge in [0.25, 0.3) is 0 Å². The molecule has 8 atom stereocenters. The number of carboxylic acids is 1. The smallest absolute Gasteiger partial charge is 0.309 e. The van der Waals surface area contributed by atoms with Crippen LogP contribution in [-0.4, -0.2) is 40.4 Å². The summed E-state index contributed by atoms with van der Waals surface area (Å²) in [7, 11) is 0. The Bertz CT molecular complexity index is 1470. The molecule has 6 aliphatic carbocycles. The van der Waals surface area contributed by atoms with Gasteiger partial charge in [0.1, 0.15) is 6.10 Å². The first kappa shape index (κ1) is 36.6. The third kappa shape index (κ3) is 5.30. The molecule has 274 valence electrons. The summed E-state index contributed by atoms with van der Waals surface area (Å²) in [6.45, 7) is 23.9. The quantitative estimate of drug-likeness (QED) is 0.249. The minimum atomic E-state index is -1.16. The first-order valence-corrected chi connectivity index (χ1v) is 19.5. The SMILES string of the molecule is CC(C)C1=C2[C@H]3CC[C@@H]4[C@@]5(C)CC[C@H](OC(=O)CC(C)(C)C(=O)O)C(C)(C)[C@@H]5CC[C@@]4(C)[C@]3(C)CC[C@@]2(C(=O)NC(C)(C)C2CC2)CC1=O. The topological polar surface area (TPSA) is 110 Å². The number of allylic oxidation sites excluding steroid dienone is 1. The Kier molecular flexibility index (Phi) is 8.52. The Morgan fingerprint density at radius 2 is 1.51 bits per heavy atom. The number of carbonyl (C=O) groups excluding carboxylic acids is 3. The van der Waals surface area contributed by atoms with Crippen molar-refractivity contribution in [2.75, 3.05) is 0 Å². The highest BCUT2D eigenvalue weighted by Crippen LogP contribution is 2.76. The highest BCUT2D eigenvalue weighted by molar-refractivity contribution is 6.07. The van der Waals surface area contributed by atoms with E-state index in [2.05, 4.69) is 67.6 Å². The van der Waals surface area contributed by atoms with Gasteiger partial charge in [0.2, 0.25) is 5.91 Å². The molecule has 7 heteroatoms. The van der Waals surface area contributed by atoms with Gasteiger partial charge in [-0.25, -0.2) is 0 Å². The fourth-order valence-corrected chi connectivity index (χ4v) is 13.0. The average Bonchev–Trinajstić information content (AvgIpc) is 3.78. The number of esters is 1. The number of amides is 1. The van der Waals surface area contributed by atoms with E-state index in [9.17, 15) is 24.3 Å². The molecule has 0 heterocycles. The molecule has 0 aromatic rings. The van der Waals surface area contributed by atoms with Gasteiger partial charge in [0.15, 0.2) is 5.78 Å². The van der Waals surface area contributed by atoms with E-state index in [1.807, 2.05) is 0 Å². The van der Waals surface area contributed by atoms with Crippen LogP contribution in [0.2, 0.25) is 0 Å². The van der Waals surface area contributed by atoms with Crippen LogP contribution >= 0.6 is 0 Å². The summed E-state index contributed by atoms with van der Waals surface area (Å²) in [5.41, 5.74) is -0.155. The van der Waals surface area contributed by atoms with Crippen molar-refractivity contribution in [3.05, 3.63) is 11.1 Å². The van der Waals surface area contributed by atoms with Crippen molar-refractivity contribution in [3.8, 4) is 0 Å². The normalized spacial score (nSPS) is 40.2. The molecule has 7 nitrogen and oxygen atoms in total. The predicted octanol–water partition coefficient (Wildman–Crippen LogP) is 8.68. The van der Waals surface area contributed by atoms with Gasteiger partial charge < -0.3 is 15.2 Å². The molecule has 6 aliphatic rings. The zero-order valence-corrected chi connectivity index (χ0v) is 32.4. The lowest BCUT2D eigenvalue weighted by atomic mass is 9.33. The Hall–Kier alpha value is -2.18. The van der Waals surface area contributed by atoms with Gasteiger partial charge in [0, 0.05) is 17.4 Å². The highest BCUT2D eigenvalue weighted by atomic mass is 16.5. The summed E-state index contributed by atoms with van der Waals surface area (Å²) in [6, 6.07) is 0. The second-order valence-electron chi connectivity index (χ2n) is 20.4. The molecule has 0 saturated heterocycles. The summed E-state index contributed by atoms with van der Waals surface area (Å²) < 4.78 is 6.15. The van der Waals surface area contributed by atoms with E-state index in [0.29, 0.717) is 24.2 Å². The number of ketones is 1. The van der Waals surface area contributed by atoms with E-state index in [-0.39, 0.29) is 63.2 Å². The van der Waals surface area contributed by atoms with Crippen molar-refractivity contribution in [3.63, 3.8) is 0 Å². The van der Waals surface area contributed by atoms with Crippen molar-refractivity contribution < 1.29 is 29.0 Å². The van der Waals surface area contributed by atoms with Crippen molar-refractivity contribution >= 4 is 23.6 Å². The molecular weight excluding hydrogens is 614 g/mol. The predicted molar refractivity (Wildman–Crippen MR) is 190 cm³/mol. The van der Waals surface area contributed by atoms with Crippen LogP contribution in [0, 0.1) is 62.1 Å². The third-order valence-corrected chi connectivity index (χ3v) is 16.3. The van der Waals surface area contributed by atoms with Gasteiger partial charge >= 0.3 is 11.9 Å². The molecule has 0 aliphatic heterocycles. The van der Waals surface area contributed by atoms with E-state index < -0.39 is 22.8 Å². The molecular formula is C42H65NO6. The summed E-state index contributed by atoms with van der Waals surface area (Å²) in [4.78, 5) is 53.3. The maximum Gasteiger partial charge on any atom is 0.309 e. The fraction of sp³-hybridized carbons (Fsp3) is 0.857. The molecule has 5 saturated carbocycles. The third-order valence-electron chi connectivity index (χ3n) is 16.3. The van der Waals surface area contributed by atoms with Crippen LogP contribution in [0.4, 0.5) is 0 Å². The average molecular weight is 680 g/mol. The van der Waals surface area contributed by atoms with E-state index >= 15 is 0 Å². The number of carboxylic acid groups (broad SMARTS) is 1. The minimum Gasteiger partial charge on any atom is -0.481 e. The summed E-state index contributed by atoms with van der Waals surface area (Å²) in [5.74, 6) is 0.549. The second-order valence-corrected chi connectivity index (χ2v) is 20.4. The molecule has 6 rings (SSSR count). The van der Waals surface area contributed by atoms with Gasteiger partial charge in [-0.3, -0.25) is 19.2 Å². The molecule has 0 aromatic heterocycles. The van der Waals surface area contributed by atoms with E-state index in [1.165, 1.54) is 5.57 Å². The molecule has 0 aromatic carbocycles. The standard InChI is InChI=1S/C42H65NO6/c1-24(2)32-27(44)22-42(34(46)43-38(7,8)25-12-13-25)21-20-40(10)26(33(32)42)14-15-29-39(9)18-17-30(49-31(45)23-36(3,4)35(47)48)37(5,6)28(39)16-19-41(29,40)11/h24-26,28-30H,12-23H2,1-11H3,(H,43,46)(H,47,48)/t26-,28+,29-,30+,39+,40-,41-,42-/m1/s1. The number of aliphatic carboxylic acids is 1. The molecule has 0 radical (unpaired) electrons. The van der Waals surface area contributed by atoms with Crippen LogP contribution in [0.25, 0.3) is 0 Å². The van der Waals surface area contributed by atoms with Gasteiger partial charge in [-0.15, -0.1) is 0 Å². The zero-order chi connectivity index (χ0) is 36.3. The maximum absolute atomic E-state index is 14.6. The molecule has 5 fully saturated rings. The number of Topliss-reactive ketones (excluding diaryl/α,β-unsaturated/α-hetero) is 1. The molecule has 0 spiro atoms. The molecule has 1 amide bonds. The number of ether oxygens (including phenoxy) is 1. The number of nitrogens with one attached hydrogen (secondary N) is 1. The largest absolute Gasteiger partial charge is 0.481 e. The van der Waals surface area contributed by atoms with Crippen LogP contribution in [0.3, 0.4) is 0 Å². The Morgan fingerprint density at radius 3 is 2.10 bits per heavy atom. The summed E-state index contributed by atoms with van der Waals surface area (Å²) in [5, 5.41) is 13.1. The van der Waals surface area contributed by atoms with Crippen LogP contribution in [0.5, 0.6) is 0 Å². The number of rotatable bonds is 8. The van der Waals surface area contributed by atoms with Gasteiger partial charge in [-0.1, -0.05) is 48.5 Å². The van der Waals surface area contributed by atoms with Crippen LogP contribution < -0.4 is 5.32 Å². The highest BCUT2D eigenvalue weighted by Gasteiger charge is 2.71. The lowest BCUT2D eigenvalue weighted by molar-refractivity contribution is -0.233. The fourth-order valence-electron chi connectivity index (χ4n) is 13.0. The van der Waals surface area contributed by atoms with Gasteiger partial charge in [0.05, 0.1) is 17.3 Å². The van der Waals surface area contributed by atoms with Crippen LogP contribution in [-0.2, 0) is 23.9 Å². The van der Waals surface area contributed by atoms with Gasteiger partial charge in [-0.05, 0) is 149 Å². The van der Waals surface area contributed by atoms with Gasteiger partial charge in [-0.2, -0.15) is 0 Å². The molecule has 2 N–H and O–H groups in total. The monoisotopic (exact) mass is 679 g/mol. The Labute approximate surface area is 295 Å².